The quantitative estimate of drug-likeness (QED) is 0.239. The third-order valence-corrected chi connectivity index (χ3v) is 6.03. The number of ether oxygens (including phenoxy) is 1. The van der Waals surface area contributed by atoms with Crippen LogP contribution in [-0.4, -0.2) is 47.5 Å². The second kappa shape index (κ2) is 11.3. The van der Waals surface area contributed by atoms with E-state index >= 15 is 0 Å². The standard InChI is InChI=1S/C26H23Cl2N7O/c27-20-12-11-19(23(28)17-20)18-29-33-24-30-25(34-13-15-36-16-14-34)32-26(31-24)35(21-7-3-1-4-8-21)22-9-5-2-6-10-22/h1-12,17-18H,13-16H2,(H,30,31,32,33). The van der Waals surface area contributed by atoms with E-state index < -0.39 is 0 Å². The number of nitrogens with zero attached hydrogens (tertiary/aromatic N) is 6. The summed E-state index contributed by atoms with van der Waals surface area (Å²) in [7, 11) is 0. The van der Waals surface area contributed by atoms with Crippen LogP contribution in [-0.2, 0) is 4.74 Å². The van der Waals surface area contributed by atoms with Gasteiger partial charge in [-0.25, -0.2) is 5.43 Å². The number of rotatable bonds is 7. The number of morpholine rings is 1. The van der Waals surface area contributed by atoms with Gasteiger partial charge in [-0.15, -0.1) is 0 Å². The van der Waals surface area contributed by atoms with E-state index in [0.717, 1.165) is 11.4 Å². The number of benzene rings is 3. The van der Waals surface area contributed by atoms with Crippen molar-refractivity contribution in [3.8, 4) is 0 Å². The van der Waals surface area contributed by atoms with E-state index in [4.69, 9.17) is 37.9 Å². The Morgan fingerprint density at radius 1 is 0.861 bits per heavy atom. The maximum Gasteiger partial charge on any atom is 0.250 e. The zero-order valence-corrected chi connectivity index (χ0v) is 20.8. The molecule has 10 heteroatoms. The van der Waals surface area contributed by atoms with E-state index in [2.05, 4.69) is 20.4 Å². The number of anilines is 5. The number of para-hydroxylation sites is 2. The molecule has 36 heavy (non-hydrogen) atoms. The van der Waals surface area contributed by atoms with E-state index in [1.54, 1.807) is 24.4 Å². The summed E-state index contributed by atoms with van der Waals surface area (Å²) in [5.74, 6) is 1.31. The fraction of sp³-hybridized carbons (Fsp3) is 0.154. The Bertz CT molecular complexity index is 1290. The first kappa shape index (κ1) is 24.0. The highest BCUT2D eigenvalue weighted by Crippen LogP contribution is 2.33. The predicted octanol–water partition coefficient (Wildman–Crippen LogP) is 5.93. The fourth-order valence-corrected chi connectivity index (χ4v) is 4.17. The number of hydrogen-bond acceptors (Lipinski definition) is 8. The molecule has 4 aromatic rings. The van der Waals surface area contributed by atoms with Gasteiger partial charge < -0.3 is 9.64 Å². The predicted molar refractivity (Wildman–Crippen MR) is 145 cm³/mol. The monoisotopic (exact) mass is 519 g/mol. The molecule has 0 saturated carbocycles. The summed E-state index contributed by atoms with van der Waals surface area (Å²) >= 11 is 12.3. The van der Waals surface area contributed by atoms with E-state index in [0.29, 0.717) is 59.8 Å². The Labute approximate surface area is 219 Å². The molecule has 0 aliphatic carbocycles. The summed E-state index contributed by atoms with van der Waals surface area (Å²) in [6.07, 6.45) is 1.60. The first-order chi connectivity index (χ1) is 17.7. The molecular formula is C26H23Cl2N7O. The summed E-state index contributed by atoms with van der Waals surface area (Å²) in [5.41, 5.74) is 5.50. The Balaban J connectivity index is 1.54. The van der Waals surface area contributed by atoms with Gasteiger partial charge in [-0.1, -0.05) is 65.7 Å². The van der Waals surface area contributed by atoms with Crippen LogP contribution in [0, 0.1) is 0 Å². The Hall–Kier alpha value is -3.72. The molecule has 1 aliphatic heterocycles. The van der Waals surface area contributed by atoms with Gasteiger partial charge in [0, 0.05) is 35.1 Å². The maximum absolute atomic E-state index is 6.27. The van der Waals surface area contributed by atoms with Crippen molar-refractivity contribution in [1.82, 2.24) is 15.0 Å². The van der Waals surface area contributed by atoms with Crippen LogP contribution < -0.4 is 15.2 Å². The fourth-order valence-electron chi connectivity index (χ4n) is 3.71. The van der Waals surface area contributed by atoms with Crippen LogP contribution >= 0.6 is 23.2 Å². The number of aromatic nitrogens is 3. The van der Waals surface area contributed by atoms with Gasteiger partial charge >= 0.3 is 0 Å². The van der Waals surface area contributed by atoms with E-state index in [1.165, 1.54) is 0 Å². The Morgan fingerprint density at radius 3 is 2.17 bits per heavy atom. The summed E-state index contributed by atoms with van der Waals surface area (Å²) in [6, 6.07) is 25.1. The van der Waals surface area contributed by atoms with Crippen molar-refractivity contribution in [2.75, 3.05) is 41.5 Å². The number of hydrazone groups is 1. The average molecular weight is 520 g/mol. The lowest BCUT2D eigenvalue weighted by molar-refractivity contribution is 0.122. The molecule has 1 aliphatic rings. The molecule has 0 amide bonds. The number of nitrogens with one attached hydrogen (secondary N) is 1. The lowest BCUT2D eigenvalue weighted by Gasteiger charge is -2.28. The van der Waals surface area contributed by atoms with Crippen LogP contribution in [0.4, 0.5) is 29.2 Å². The third-order valence-electron chi connectivity index (χ3n) is 5.47. The minimum absolute atomic E-state index is 0.305. The van der Waals surface area contributed by atoms with Crippen molar-refractivity contribution >= 4 is 58.6 Å². The van der Waals surface area contributed by atoms with Crippen LogP contribution in [0.1, 0.15) is 5.56 Å². The number of hydrogen-bond donors (Lipinski definition) is 1. The van der Waals surface area contributed by atoms with Gasteiger partial charge in [0.15, 0.2) is 0 Å². The zero-order valence-electron chi connectivity index (χ0n) is 19.3. The van der Waals surface area contributed by atoms with Gasteiger partial charge in [0.05, 0.1) is 24.5 Å². The summed E-state index contributed by atoms with van der Waals surface area (Å²) in [5, 5.41) is 5.37. The van der Waals surface area contributed by atoms with Crippen molar-refractivity contribution in [3.63, 3.8) is 0 Å². The topological polar surface area (TPSA) is 78.8 Å². The minimum atomic E-state index is 0.305. The molecule has 0 radical (unpaired) electrons. The van der Waals surface area contributed by atoms with Gasteiger partial charge in [0.1, 0.15) is 0 Å². The van der Waals surface area contributed by atoms with Gasteiger partial charge in [0.2, 0.25) is 17.8 Å². The minimum Gasteiger partial charge on any atom is -0.378 e. The largest absolute Gasteiger partial charge is 0.378 e. The summed E-state index contributed by atoms with van der Waals surface area (Å²) in [4.78, 5) is 18.3. The molecule has 1 saturated heterocycles. The molecule has 0 unspecified atom stereocenters. The molecule has 1 N–H and O–H groups in total. The van der Waals surface area contributed by atoms with Crippen LogP contribution in [0.25, 0.3) is 0 Å². The molecule has 2 heterocycles. The molecule has 1 aromatic heterocycles. The first-order valence-corrected chi connectivity index (χ1v) is 12.2. The molecule has 3 aromatic carbocycles. The van der Waals surface area contributed by atoms with Crippen molar-refractivity contribution in [1.29, 1.82) is 0 Å². The molecule has 0 bridgehead atoms. The van der Waals surface area contributed by atoms with Crippen LogP contribution in [0.2, 0.25) is 10.0 Å². The molecule has 0 atom stereocenters. The van der Waals surface area contributed by atoms with Gasteiger partial charge in [0.25, 0.3) is 0 Å². The SMILES string of the molecule is Clc1ccc(C=NNc2nc(N3CCOCC3)nc(N(c3ccccc3)c3ccccc3)n2)c(Cl)c1. The molecule has 5 rings (SSSR count). The van der Waals surface area contributed by atoms with E-state index in [9.17, 15) is 0 Å². The van der Waals surface area contributed by atoms with E-state index in [1.807, 2.05) is 65.6 Å². The second-order valence-electron chi connectivity index (χ2n) is 7.90. The molecular weight excluding hydrogens is 497 g/mol. The number of halogens is 2. The smallest absolute Gasteiger partial charge is 0.250 e. The lowest BCUT2D eigenvalue weighted by Crippen LogP contribution is -2.37. The van der Waals surface area contributed by atoms with Crippen molar-refractivity contribution in [2.24, 2.45) is 5.10 Å². The van der Waals surface area contributed by atoms with Gasteiger partial charge in [-0.05, 0) is 36.4 Å². The molecule has 182 valence electrons. The third kappa shape index (κ3) is 5.73. The highest BCUT2D eigenvalue weighted by atomic mass is 35.5. The first-order valence-electron chi connectivity index (χ1n) is 11.4. The maximum atomic E-state index is 6.27. The molecule has 0 spiro atoms. The lowest BCUT2D eigenvalue weighted by atomic mass is 10.2. The van der Waals surface area contributed by atoms with E-state index in [-0.39, 0.29) is 0 Å². The van der Waals surface area contributed by atoms with Crippen LogP contribution in [0.3, 0.4) is 0 Å². The summed E-state index contributed by atoms with van der Waals surface area (Å²) < 4.78 is 5.52. The van der Waals surface area contributed by atoms with Crippen molar-refractivity contribution in [3.05, 3.63) is 94.5 Å². The Kier molecular flexibility index (Phi) is 7.56. The highest BCUT2D eigenvalue weighted by molar-refractivity contribution is 6.36. The zero-order chi connectivity index (χ0) is 24.7. The van der Waals surface area contributed by atoms with Crippen LogP contribution in [0.5, 0.6) is 0 Å². The van der Waals surface area contributed by atoms with Gasteiger partial charge in [-0.2, -0.15) is 20.1 Å². The van der Waals surface area contributed by atoms with Crippen molar-refractivity contribution in [2.45, 2.75) is 0 Å². The van der Waals surface area contributed by atoms with Gasteiger partial charge in [-0.3, -0.25) is 4.90 Å². The molecule has 8 nitrogen and oxygen atoms in total. The summed E-state index contributed by atoms with van der Waals surface area (Å²) in [6.45, 7) is 2.59. The highest BCUT2D eigenvalue weighted by Gasteiger charge is 2.21. The molecule has 1 fully saturated rings. The van der Waals surface area contributed by atoms with Crippen LogP contribution in [0.15, 0.2) is 84.0 Å². The normalized spacial score (nSPS) is 13.7. The van der Waals surface area contributed by atoms with Crippen molar-refractivity contribution < 1.29 is 4.74 Å². The Morgan fingerprint density at radius 2 is 1.53 bits per heavy atom. The average Bonchev–Trinajstić information content (AvgIpc) is 2.92. The second-order valence-corrected chi connectivity index (χ2v) is 8.74.